The second-order valence-electron chi connectivity index (χ2n) is 9.01. The Morgan fingerprint density at radius 2 is 1.68 bits per heavy atom. The fraction of sp³-hybridized carbons (Fsp3) is 0.625. The van der Waals surface area contributed by atoms with E-state index in [2.05, 4.69) is 44.4 Å². The van der Waals surface area contributed by atoms with Gasteiger partial charge in [-0.15, -0.1) is 0 Å². The number of carbonyl (C=O) groups is 1. The van der Waals surface area contributed by atoms with Gasteiger partial charge in [-0.25, -0.2) is 0 Å². The number of likely N-dealkylation sites (tertiary alicyclic amines) is 2. The van der Waals surface area contributed by atoms with E-state index in [4.69, 9.17) is 5.73 Å². The molecule has 31 heavy (non-hydrogen) atoms. The van der Waals surface area contributed by atoms with Crippen molar-refractivity contribution in [3.05, 3.63) is 47.5 Å². The Morgan fingerprint density at radius 3 is 2.29 bits per heavy atom. The van der Waals surface area contributed by atoms with Crippen LogP contribution in [0.4, 0.5) is 0 Å². The molecule has 7 nitrogen and oxygen atoms in total. The molecule has 2 aromatic heterocycles. The van der Waals surface area contributed by atoms with Crippen LogP contribution in [0.3, 0.4) is 0 Å². The fourth-order valence-corrected chi connectivity index (χ4v) is 4.57. The van der Waals surface area contributed by atoms with E-state index in [1.807, 2.05) is 25.4 Å². The van der Waals surface area contributed by atoms with Crippen molar-refractivity contribution in [2.45, 2.75) is 44.1 Å². The van der Waals surface area contributed by atoms with Gasteiger partial charge in [0.05, 0.1) is 0 Å². The number of Topliss-reactive ketones (excluding diaryl/α,β-unsaturated/α-hetero) is 1. The highest BCUT2D eigenvalue weighted by atomic mass is 16.1. The van der Waals surface area contributed by atoms with Crippen molar-refractivity contribution in [3.8, 4) is 0 Å². The molecule has 2 saturated heterocycles. The van der Waals surface area contributed by atoms with E-state index in [9.17, 15) is 4.79 Å². The second kappa shape index (κ2) is 11.6. The summed E-state index contributed by atoms with van der Waals surface area (Å²) in [5.74, 6) is 0.420. The molecule has 0 aliphatic carbocycles. The molecular weight excluding hydrogens is 388 g/mol. The first-order valence-electron chi connectivity index (χ1n) is 11.7. The number of ketones is 1. The van der Waals surface area contributed by atoms with Crippen molar-refractivity contribution in [2.24, 2.45) is 5.73 Å². The molecule has 7 heteroatoms. The Bertz CT molecular complexity index is 766. The molecule has 0 aromatic carbocycles. The first-order valence-corrected chi connectivity index (χ1v) is 11.7. The van der Waals surface area contributed by atoms with Crippen LogP contribution in [-0.4, -0.2) is 78.9 Å². The number of rotatable bonds is 2. The first-order chi connectivity index (χ1) is 15.0. The van der Waals surface area contributed by atoms with Crippen molar-refractivity contribution < 1.29 is 4.79 Å². The Labute approximate surface area is 186 Å². The molecule has 5 N–H and O–H groups in total. The summed E-state index contributed by atoms with van der Waals surface area (Å²) in [6, 6.07) is 6.28. The largest absolute Gasteiger partial charge is 0.365 e. The zero-order chi connectivity index (χ0) is 22.1. The monoisotopic (exact) mass is 428 g/mol. The number of nitrogens with two attached hydrogens (primary N) is 1. The van der Waals surface area contributed by atoms with Crippen LogP contribution < -0.4 is 11.1 Å². The van der Waals surface area contributed by atoms with E-state index in [0.717, 1.165) is 51.9 Å². The molecule has 2 aromatic rings. The molecule has 1 spiro atoms. The highest BCUT2D eigenvalue weighted by Gasteiger charge is 2.38. The predicted molar refractivity (Wildman–Crippen MR) is 126 cm³/mol. The molecule has 5 rings (SSSR count). The van der Waals surface area contributed by atoms with Crippen LogP contribution in [0.5, 0.6) is 0 Å². The summed E-state index contributed by atoms with van der Waals surface area (Å²) in [6.45, 7) is 6.17. The minimum atomic E-state index is 0.278. The topological polar surface area (TPSA) is 93.2 Å². The van der Waals surface area contributed by atoms with Crippen LogP contribution >= 0.6 is 0 Å². The van der Waals surface area contributed by atoms with Gasteiger partial charge in [0.25, 0.3) is 0 Å². The van der Waals surface area contributed by atoms with Crippen LogP contribution in [0.2, 0.25) is 0 Å². The zero-order valence-electron chi connectivity index (χ0n) is 19.3. The van der Waals surface area contributed by atoms with Gasteiger partial charge < -0.3 is 30.8 Å². The van der Waals surface area contributed by atoms with Crippen molar-refractivity contribution in [1.29, 1.82) is 0 Å². The number of aromatic nitrogens is 2. The van der Waals surface area contributed by atoms with Crippen molar-refractivity contribution in [1.82, 2.24) is 25.1 Å². The Kier molecular flexibility index (Phi) is 8.90. The van der Waals surface area contributed by atoms with Crippen molar-refractivity contribution >= 4 is 5.78 Å². The average Bonchev–Trinajstić information content (AvgIpc) is 3.47. The number of carbonyl (C=O) groups excluding carboxylic acids is 1. The maximum atomic E-state index is 10.6. The summed E-state index contributed by atoms with van der Waals surface area (Å²) in [4.78, 5) is 21.6. The lowest BCUT2D eigenvalue weighted by molar-refractivity contribution is -0.121. The number of nitrogens with one attached hydrogen (secondary N) is 3. The molecule has 5 heterocycles. The van der Waals surface area contributed by atoms with Crippen LogP contribution in [0, 0.1) is 0 Å². The molecule has 0 bridgehead atoms. The van der Waals surface area contributed by atoms with Gasteiger partial charge in [0.15, 0.2) is 0 Å². The van der Waals surface area contributed by atoms with Gasteiger partial charge in [0, 0.05) is 68.2 Å². The normalized spacial score (nSPS) is 20.9. The molecular formula is C24H40N6O. The third-order valence-electron chi connectivity index (χ3n) is 6.65. The molecule has 0 unspecified atom stereocenters. The van der Waals surface area contributed by atoms with Gasteiger partial charge >= 0.3 is 0 Å². The van der Waals surface area contributed by atoms with Crippen molar-refractivity contribution in [3.63, 3.8) is 0 Å². The SMILES string of the molecule is CN1CCC(=O)CC1.CN1CCC2(CC1)NCCc1[nH]ccc12.NCCc1ccc[nH]1. The van der Waals surface area contributed by atoms with E-state index >= 15 is 0 Å². The maximum absolute atomic E-state index is 10.6. The maximum Gasteiger partial charge on any atom is 0.135 e. The predicted octanol–water partition coefficient (Wildman–Crippen LogP) is 1.88. The number of aromatic amines is 2. The third kappa shape index (κ3) is 6.77. The molecule has 0 radical (unpaired) electrons. The lowest BCUT2D eigenvalue weighted by atomic mass is 9.78. The van der Waals surface area contributed by atoms with E-state index < -0.39 is 0 Å². The van der Waals surface area contributed by atoms with E-state index in [-0.39, 0.29) is 5.54 Å². The third-order valence-corrected chi connectivity index (χ3v) is 6.65. The summed E-state index contributed by atoms with van der Waals surface area (Å²) in [7, 11) is 4.26. The van der Waals surface area contributed by atoms with Crippen LogP contribution in [0.25, 0.3) is 0 Å². The number of piperidine rings is 2. The average molecular weight is 429 g/mol. The molecule has 0 saturated carbocycles. The molecule has 3 aliphatic heterocycles. The summed E-state index contributed by atoms with van der Waals surface area (Å²) in [6.07, 6.45) is 10.1. The number of hydrogen-bond donors (Lipinski definition) is 4. The number of hydrogen-bond acceptors (Lipinski definition) is 5. The van der Waals surface area contributed by atoms with E-state index in [0.29, 0.717) is 5.78 Å². The van der Waals surface area contributed by atoms with Gasteiger partial charge in [-0.05, 0) is 76.8 Å². The number of fused-ring (bicyclic) bond motifs is 2. The van der Waals surface area contributed by atoms with Crippen molar-refractivity contribution in [2.75, 3.05) is 53.4 Å². The fourth-order valence-electron chi connectivity index (χ4n) is 4.57. The molecule has 172 valence electrons. The number of H-pyrrole nitrogens is 2. The Balaban J connectivity index is 0.000000145. The Morgan fingerprint density at radius 1 is 0.968 bits per heavy atom. The summed E-state index contributed by atoms with van der Waals surface area (Å²) < 4.78 is 0. The molecule has 3 aliphatic rings. The van der Waals surface area contributed by atoms with Gasteiger partial charge in [-0.2, -0.15) is 0 Å². The highest BCUT2D eigenvalue weighted by Crippen LogP contribution is 2.36. The van der Waals surface area contributed by atoms with Crippen LogP contribution in [0.15, 0.2) is 30.6 Å². The molecule has 2 fully saturated rings. The van der Waals surface area contributed by atoms with Gasteiger partial charge in [0.1, 0.15) is 5.78 Å². The van der Waals surface area contributed by atoms with Gasteiger partial charge in [0.2, 0.25) is 0 Å². The molecule has 0 atom stereocenters. The van der Waals surface area contributed by atoms with E-state index in [1.54, 1.807) is 0 Å². The number of nitrogens with zero attached hydrogens (tertiary/aromatic N) is 2. The quantitative estimate of drug-likeness (QED) is 0.586. The highest BCUT2D eigenvalue weighted by molar-refractivity contribution is 5.79. The lowest BCUT2D eigenvalue weighted by Crippen LogP contribution is -2.53. The first kappa shape index (κ1) is 23.7. The minimum absolute atomic E-state index is 0.278. The smallest absolute Gasteiger partial charge is 0.135 e. The Hall–Kier alpha value is -1.93. The minimum Gasteiger partial charge on any atom is -0.365 e. The standard InChI is InChI=1S/C12H19N3.C6H10N2.C6H11NO/c1-15-8-4-12(5-9-15)10-2-6-13-11(10)3-7-14-12;7-4-3-6-2-1-5-8-6;1-7-4-2-6(8)3-5-7/h2,6,13-14H,3-5,7-9H2,1H3;1-2,5,8H,3-4,7H2;2-5H2,1H3. The lowest BCUT2D eigenvalue weighted by Gasteiger charge is -2.44. The van der Waals surface area contributed by atoms with E-state index in [1.165, 1.54) is 42.9 Å². The van der Waals surface area contributed by atoms with Gasteiger partial charge in [-0.3, -0.25) is 4.79 Å². The summed E-state index contributed by atoms with van der Waals surface area (Å²) in [5.41, 5.74) is 9.78. The van der Waals surface area contributed by atoms with Crippen LogP contribution in [0.1, 0.15) is 42.6 Å². The summed E-state index contributed by atoms with van der Waals surface area (Å²) in [5, 5.41) is 3.75. The van der Waals surface area contributed by atoms with Gasteiger partial charge in [-0.1, -0.05) is 0 Å². The molecule has 0 amide bonds. The van der Waals surface area contributed by atoms with Crippen LogP contribution in [-0.2, 0) is 23.2 Å². The second-order valence-corrected chi connectivity index (χ2v) is 9.01. The summed E-state index contributed by atoms with van der Waals surface area (Å²) >= 11 is 0. The zero-order valence-corrected chi connectivity index (χ0v) is 19.3.